The smallest absolute Gasteiger partial charge is 0.242 e. The molecule has 1 saturated heterocycles. The first kappa shape index (κ1) is 16.3. The Morgan fingerprint density at radius 2 is 1.90 bits per heavy atom. The van der Waals surface area contributed by atoms with Crippen molar-refractivity contribution in [2.45, 2.75) is 4.90 Å². The van der Waals surface area contributed by atoms with Crippen molar-refractivity contribution in [3.05, 3.63) is 29.8 Å². The van der Waals surface area contributed by atoms with Gasteiger partial charge in [0, 0.05) is 46.3 Å². The van der Waals surface area contributed by atoms with Crippen molar-refractivity contribution in [2.24, 2.45) is 0 Å². The molecule has 0 spiro atoms. The van der Waals surface area contributed by atoms with Gasteiger partial charge < -0.3 is 5.32 Å². The van der Waals surface area contributed by atoms with E-state index in [1.54, 1.807) is 0 Å². The molecule has 5 nitrogen and oxygen atoms in total. The molecule has 21 heavy (non-hydrogen) atoms. The van der Waals surface area contributed by atoms with E-state index in [1.165, 1.54) is 11.4 Å². The molecule has 0 saturated carbocycles. The summed E-state index contributed by atoms with van der Waals surface area (Å²) in [7, 11) is -2.35. The molecule has 8 heteroatoms. The van der Waals surface area contributed by atoms with Crippen molar-refractivity contribution in [1.29, 1.82) is 0 Å². The average molecular weight is 319 g/mol. The Morgan fingerprint density at radius 3 is 2.52 bits per heavy atom. The number of halogens is 2. The molecule has 2 rings (SSSR count). The fraction of sp³-hybridized carbons (Fsp3) is 0.538. The van der Waals surface area contributed by atoms with Crippen LogP contribution in [0.5, 0.6) is 0 Å². The van der Waals surface area contributed by atoms with Crippen LogP contribution in [-0.2, 0) is 10.0 Å². The average Bonchev–Trinajstić information content (AvgIpc) is 2.48. The Balaban J connectivity index is 2.02. The number of nitrogens with zero attached hydrogens (tertiary/aromatic N) is 2. The molecular weight excluding hydrogens is 300 g/mol. The first-order chi connectivity index (χ1) is 9.91. The van der Waals surface area contributed by atoms with Gasteiger partial charge in [0.1, 0.15) is 0 Å². The summed E-state index contributed by atoms with van der Waals surface area (Å²) in [4.78, 5) is 1.93. The molecule has 1 fully saturated rings. The van der Waals surface area contributed by atoms with Gasteiger partial charge in [-0.2, -0.15) is 4.31 Å². The lowest BCUT2D eigenvalue weighted by Gasteiger charge is -2.28. The van der Waals surface area contributed by atoms with Gasteiger partial charge in [-0.25, -0.2) is 17.2 Å². The van der Waals surface area contributed by atoms with Gasteiger partial charge in [-0.15, -0.1) is 0 Å². The lowest BCUT2D eigenvalue weighted by atomic mass is 10.3. The van der Waals surface area contributed by atoms with Crippen LogP contribution >= 0.6 is 0 Å². The van der Waals surface area contributed by atoms with Gasteiger partial charge >= 0.3 is 0 Å². The molecule has 118 valence electrons. The Morgan fingerprint density at radius 1 is 1.24 bits per heavy atom. The van der Waals surface area contributed by atoms with Gasteiger partial charge in [0.05, 0.1) is 4.90 Å². The van der Waals surface area contributed by atoms with Crippen LogP contribution in [0.25, 0.3) is 0 Å². The number of benzene rings is 1. The first-order valence-corrected chi connectivity index (χ1v) is 8.20. The van der Waals surface area contributed by atoms with Gasteiger partial charge in [0.15, 0.2) is 11.6 Å². The molecule has 1 N–H and O–H groups in total. The quantitative estimate of drug-likeness (QED) is 0.858. The third kappa shape index (κ3) is 3.97. The fourth-order valence-electron chi connectivity index (χ4n) is 2.15. The summed E-state index contributed by atoms with van der Waals surface area (Å²) in [6, 6.07) is 2.62. The molecule has 1 aromatic rings. The number of hydrogen-bond acceptors (Lipinski definition) is 4. The third-order valence-electron chi connectivity index (χ3n) is 3.54. The summed E-state index contributed by atoms with van der Waals surface area (Å²) in [5.41, 5.74) is 0. The molecular formula is C13H19F2N3O2S. The predicted octanol–water partition coefficient (Wildman–Crippen LogP) is 0.490. The van der Waals surface area contributed by atoms with Gasteiger partial charge in [0.2, 0.25) is 10.0 Å². The predicted molar refractivity (Wildman–Crippen MR) is 75.5 cm³/mol. The zero-order valence-electron chi connectivity index (χ0n) is 11.8. The van der Waals surface area contributed by atoms with Crippen LogP contribution in [0.4, 0.5) is 8.78 Å². The molecule has 0 unspecified atom stereocenters. The number of rotatable bonds is 5. The summed E-state index contributed by atoms with van der Waals surface area (Å²) >= 11 is 0. The van der Waals surface area contributed by atoms with Gasteiger partial charge in [-0.05, 0) is 18.2 Å². The summed E-state index contributed by atoms with van der Waals surface area (Å²) in [5, 5.41) is 3.22. The molecule has 1 aliphatic heterocycles. The largest absolute Gasteiger partial charge is 0.314 e. The van der Waals surface area contributed by atoms with Crippen LogP contribution in [0, 0.1) is 11.6 Å². The minimum Gasteiger partial charge on any atom is -0.314 e. The van der Waals surface area contributed by atoms with E-state index in [9.17, 15) is 17.2 Å². The third-order valence-corrected chi connectivity index (χ3v) is 5.39. The highest BCUT2D eigenvalue weighted by Gasteiger charge is 2.23. The Labute approximate surface area is 123 Å². The maximum atomic E-state index is 13.2. The molecule has 0 atom stereocenters. The van der Waals surface area contributed by atoms with E-state index in [-0.39, 0.29) is 4.90 Å². The van der Waals surface area contributed by atoms with E-state index < -0.39 is 21.7 Å². The van der Waals surface area contributed by atoms with E-state index >= 15 is 0 Å². The highest BCUT2D eigenvalue weighted by atomic mass is 32.2. The number of sulfonamides is 1. The molecule has 0 amide bonds. The van der Waals surface area contributed by atoms with E-state index in [2.05, 4.69) is 10.2 Å². The summed E-state index contributed by atoms with van der Waals surface area (Å²) in [5.74, 6) is -2.22. The lowest BCUT2D eigenvalue weighted by molar-refractivity contribution is 0.229. The van der Waals surface area contributed by atoms with Gasteiger partial charge in [-0.1, -0.05) is 0 Å². The molecule has 1 aromatic carbocycles. The van der Waals surface area contributed by atoms with E-state index in [0.29, 0.717) is 19.2 Å². The van der Waals surface area contributed by atoms with Crippen LogP contribution in [-0.4, -0.2) is 63.9 Å². The van der Waals surface area contributed by atoms with Crippen molar-refractivity contribution < 1.29 is 17.2 Å². The van der Waals surface area contributed by atoms with Crippen LogP contribution in [0.15, 0.2) is 23.1 Å². The topological polar surface area (TPSA) is 52.6 Å². The summed E-state index contributed by atoms with van der Waals surface area (Å²) in [6.45, 7) is 4.44. The fourth-order valence-corrected chi connectivity index (χ4v) is 3.33. The SMILES string of the molecule is CN(CCN1CCNCC1)S(=O)(=O)c1ccc(F)c(F)c1. The zero-order valence-corrected chi connectivity index (χ0v) is 12.7. The van der Waals surface area contributed by atoms with E-state index in [4.69, 9.17) is 0 Å². The number of nitrogens with one attached hydrogen (secondary N) is 1. The van der Waals surface area contributed by atoms with Crippen LogP contribution < -0.4 is 5.32 Å². The molecule has 0 radical (unpaired) electrons. The van der Waals surface area contributed by atoms with Gasteiger partial charge in [-0.3, -0.25) is 4.90 Å². The van der Waals surface area contributed by atoms with E-state index in [1.807, 2.05) is 0 Å². The Kier molecular flexibility index (Phi) is 5.26. The highest BCUT2D eigenvalue weighted by Crippen LogP contribution is 2.17. The summed E-state index contributed by atoms with van der Waals surface area (Å²) < 4.78 is 51.8. The lowest BCUT2D eigenvalue weighted by Crippen LogP contribution is -2.46. The minimum absolute atomic E-state index is 0.232. The second kappa shape index (κ2) is 6.78. The molecule has 0 bridgehead atoms. The minimum atomic E-state index is -3.79. The number of piperazine rings is 1. The first-order valence-electron chi connectivity index (χ1n) is 6.76. The van der Waals surface area contributed by atoms with Crippen molar-refractivity contribution >= 4 is 10.0 Å². The monoisotopic (exact) mass is 319 g/mol. The zero-order chi connectivity index (χ0) is 15.5. The van der Waals surface area contributed by atoms with Crippen molar-refractivity contribution in [3.8, 4) is 0 Å². The summed E-state index contributed by atoms with van der Waals surface area (Å²) in [6.07, 6.45) is 0. The number of hydrogen-bond donors (Lipinski definition) is 1. The highest BCUT2D eigenvalue weighted by molar-refractivity contribution is 7.89. The van der Waals surface area contributed by atoms with Crippen molar-refractivity contribution in [2.75, 3.05) is 46.3 Å². The molecule has 0 aromatic heterocycles. The van der Waals surface area contributed by atoms with Gasteiger partial charge in [0.25, 0.3) is 0 Å². The molecule has 1 heterocycles. The van der Waals surface area contributed by atoms with Crippen LogP contribution in [0.1, 0.15) is 0 Å². The maximum Gasteiger partial charge on any atom is 0.242 e. The second-order valence-electron chi connectivity index (χ2n) is 4.99. The Hall–Kier alpha value is -1.09. The maximum absolute atomic E-state index is 13.2. The van der Waals surface area contributed by atoms with Crippen LogP contribution in [0.3, 0.4) is 0 Å². The molecule has 1 aliphatic rings. The van der Waals surface area contributed by atoms with Crippen molar-refractivity contribution in [1.82, 2.24) is 14.5 Å². The molecule has 0 aliphatic carbocycles. The standard InChI is InChI=1S/C13H19F2N3O2S/c1-17(8-9-18-6-4-16-5-7-18)21(19,20)11-2-3-12(14)13(15)10-11/h2-3,10,16H,4-9H2,1H3. The second-order valence-corrected chi connectivity index (χ2v) is 7.04. The normalized spacial score (nSPS) is 17.3. The van der Waals surface area contributed by atoms with E-state index in [0.717, 1.165) is 38.3 Å². The van der Waals surface area contributed by atoms with Crippen LogP contribution in [0.2, 0.25) is 0 Å². The number of likely N-dealkylation sites (N-methyl/N-ethyl adjacent to an activating group) is 1. The van der Waals surface area contributed by atoms with Crippen molar-refractivity contribution in [3.63, 3.8) is 0 Å². The Bertz CT molecular complexity index is 589.